The number of fused-ring (bicyclic) bond motifs is 1. The lowest BCUT2D eigenvalue weighted by molar-refractivity contribution is -0.385. The third kappa shape index (κ3) is 2.22. The fourth-order valence-electron chi connectivity index (χ4n) is 2.64. The number of imide groups is 2. The van der Waals surface area contributed by atoms with Gasteiger partial charge in [-0.3, -0.25) is 39.5 Å². The van der Waals surface area contributed by atoms with E-state index in [1.54, 1.807) is 0 Å². The summed E-state index contributed by atoms with van der Waals surface area (Å²) in [5, 5.41) is 13.1. The van der Waals surface area contributed by atoms with Crippen LogP contribution in [0.4, 0.5) is 5.69 Å². The van der Waals surface area contributed by atoms with Gasteiger partial charge in [0.2, 0.25) is 11.8 Å². The summed E-state index contributed by atoms with van der Waals surface area (Å²) in [6, 6.07) is 2.50. The van der Waals surface area contributed by atoms with E-state index in [2.05, 4.69) is 21.2 Å². The van der Waals surface area contributed by atoms with E-state index in [-0.39, 0.29) is 17.5 Å². The molecular weight excluding hydrogens is 374 g/mol. The Morgan fingerprint density at radius 2 is 1.87 bits per heavy atom. The molecule has 0 spiro atoms. The highest BCUT2D eigenvalue weighted by Crippen LogP contribution is 2.33. The van der Waals surface area contributed by atoms with Gasteiger partial charge in [-0.1, -0.05) is 22.0 Å². The van der Waals surface area contributed by atoms with Crippen molar-refractivity contribution >= 4 is 45.2 Å². The van der Waals surface area contributed by atoms with Gasteiger partial charge in [-0.05, 0) is 12.5 Å². The van der Waals surface area contributed by atoms with Crippen LogP contribution in [0.25, 0.3) is 0 Å². The number of piperidine rings is 1. The van der Waals surface area contributed by atoms with Crippen LogP contribution in [0, 0.1) is 10.1 Å². The summed E-state index contributed by atoms with van der Waals surface area (Å²) in [5.41, 5.74) is -0.954. The molecule has 118 valence electrons. The molecule has 0 aliphatic carbocycles. The topological polar surface area (TPSA) is 127 Å². The highest BCUT2D eigenvalue weighted by molar-refractivity contribution is 9.10. The van der Waals surface area contributed by atoms with Crippen LogP contribution in [0.3, 0.4) is 0 Å². The molecule has 2 atom stereocenters. The van der Waals surface area contributed by atoms with Gasteiger partial charge in [0, 0.05) is 6.07 Å². The van der Waals surface area contributed by atoms with Gasteiger partial charge in [0.05, 0.1) is 15.3 Å². The molecule has 1 aromatic carbocycles. The summed E-state index contributed by atoms with van der Waals surface area (Å²) in [4.78, 5) is 58.5. The number of nitrogens with zero attached hydrogens (tertiary/aromatic N) is 2. The summed E-state index contributed by atoms with van der Waals surface area (Å²) in [6.07, 6.45) is -0.0933. The highest BCUT2D eigenvalue weighted by Gasteiger charge is 2.48. The van der Waals surface area contributed by atoms with Crippen LogP contribution < -0.4 is 5.32 Å². The quantitative estimate of drug-likeness (QED) is 0.341. The Balaban J connectivity index is 2.04. The van der Waals surface area contributed by atoms with E-state index < -0.39 is 45.1 Å². The Kier molecular flexibility index (Phi) is 3.48. The normalized spacial score (nSPS) is 23.8. The third-order valence-corrected chi connectivity index (χ3v) is 4.49. The van der Waals surface area contributed by atoms with Gasteiger partial charge in [0.1, 0.15) is 11.6 Å². The number of hydrogen-bond donors (Lipinski definition) is 1. The molecule has 1 aromatic rings. The second kappa shape index (κ2) is 5.23. The van der Waals surface area contributed by atoms with Gasteiger partial charge in [-0.15, -0.1) is 0 Å². The summed E-state index contributed by atoms with van der Waals surface area (Å²) < 4.78 is 0. The second-order valence-corrected chi connectivity index (χ2v) is 6.11. The van der Waals surface area contributed by atoms with Gasteiger partial charge < -0.3 is 0 Å². The van der Waals surface area contributed by atoms with E-state index >= 15 is 0 Å². The van der Waals surface area contributed by atoms with Crippen molar-refractivity contribution in [3.8, 4) is 0 Å². The van der Waals surface area contributed by atoms with E-state index in [1.807, 2.05) is 0 Å². The maximum atomic E-state index is 12.5. The van der Waals surface area contributed by atoms with Crippen molar-refractivity contribution in [2.75, 3.05) is 0 Å². The molecule has 2 aliphatic heterocycles. The largest absolute Gasteiger partial charge is 0.294 e. The van der Waals surface area contributed by atoms with E-state index in [0.717, 1.165) is 6.07 Å². The number of amides is 4. The zero-order chi connectivity index (χ0) is 16.9. The highest BCUT2D eigenvalue weighted by atomic mass is 79.9. The number of nitrogens with one attached hydrogen (secondary N) is 1. The first kappa shape index (κ1) is 15.3. The second-order valence-electron chi connectivity index (χ2n) is 5.01. The van der Waals surface area contributed by atoms with Crippen LogP contribution in [0.5, 0.6) is 0 Å². The average molecular weight is 382 g/mol. The zero-order valence-corrected chi connectivity index (χ0v) is 12.9. The zero-order valence-electron chi connectivity index (χ0n) is 11.3. The van der Waals surface area contributed by atoms with E-state index in [1.165, 1.54) is 12.1 Å². The van der Waals surface area contributed by atoms with Crippen molar-refractivity contribution in [3.63, 3.8) is 0 Å². The van der Waals surface area contributed by atoms with Gasteiger partial charge in [0.15, 0.2) is 0 Å². The Bertz CT molecular complexity index is 792. The predicted molar refractivity (Wildman–Crippen MR) is 77.9 cm³/mol. The molecule has 3 rings (SSSR count). The lowest BCUT2D eigenvalue weighted by atomic mass is 10.0. The SMILES string of the molecule is O=C1NC(=O)C(N2C(=O)c3cccc([N+](=O)[O-])c3C2=O)CC1Br. The van der Waals surface area contributed by atoms with Crippen LogP contribution in [0.15, 0.2) is 18.2 Å². The molecule has 0 saturated carbocycles. The molecule has 1 saturated heterocycles. The molecular formula is C13H8BrN3O6. The number of halogens is 1. The van der Waals surface area contributed by atoms with Crippen LogP contribution in [0.2, 0.25) is 0 Å². The number of carbonyl (C=O) groups is 4. The number of rotatable bonds is 2. The molecule has 0 radical (unpaired) electrons. The maximum Gasteiger partial charge on any atom is 0.282 e. The average Bonchev–Trinajstić information content (AvgIpc) is 2.75. The molecule has 0 aromatic heterocycles. The molecule has 2 heterocycles. The molecule has 0 bridgehead atoms. The third-order valence-electron chi connectivity index (χ3n) is 3.70. The Labute approximate surface area is 136 Å². The van der Waals surface area contributed by atoms with Crippen LogP contribution in [0.1, 0.15) is 27.1 Å². The van der Waals surface area contributed by atoms with Gasteiger partial charge in [-0.2, -0.15) is 0 Å². The van der Waals surface area contributed by atoms with Crippen molar-refractivity contribution in [3.05, 3.63) is 39.4 Å². The molecule has 10 heteroatoms. The fourth-order valence-corrected chi connectivity index (χ4v) is 3.11. The Morgan fingerprint density at radius 3 is 2.52 bits per heavy atom. The summed E-state index contributed by atoms with van der Waals surface area (Å²) in [5.74, 6) is -3.05. The monoisotopic (exact) mass is 381 g/mol. The van der Waals surface area contributed by atoms with Crippen LogP contribution in [-0.2, 0) is 9.59 Å². The van der Waals surface area contributed by atoms with Crippen LogP contribution >= 0.6 is 15.9 Å². The number of hydrogen-bond acceptors (Lipinski definition) is 6. The lowest BCUT2D eigenvalue weighted by Crippen LogP contribution is -2.57. The number of nitro benzene ring substituents is 1. The molecule has 4 amide bonds. The molecule has 23 heavy (non-hydrogen) atoms. The smallest absolute Gasteiger partial charge is 0.282 e. The first-order valence-corrected chi connectivity index (χ1v) is 7.38. The molecule has 9 nitrogen and oxygen atoms in total. The minimum atomic E-state index is -1.20. The first-order chi connectivity index (χ1) is 10.8. The Hall–Kier alpha value is -2.62. The fraction of sp³-hybridized carbons (Fsp3) is 0.231. The number of alkyl halides is 1. The lowest BCUT2D eigenvalue weighted by Gasteiger charge is -2.30. The van der Waals surface area contributed by atoms with Gasteiger partial charge in [0.25, 0.3) is 17.5 Å². The summed E-state index contributed by atoms with van der Waals surface area (Å²) in [7, 11) is 0. The van der Waals surface area contributed by atoms with Crippen LogP contribution in [-0.4, -0.2) is 44.3 Å². The van der Waals surface area contributed by atoms with E-state index in [4.69, 9.17) is 0 Å². The Morgan fingerprint density at radius 1 is 1.17 bits per heavy atom. The van der Waals surface area contributed by atoms with Gasteiger partial charge >= 0.3 is 0 Å². The van der Waals surface area contributed by atoms with Crippen molar-refractivity contribution in [2.45, 2.75) is 17.3 Å². The summed E-state index contributed by atoms with van der Waals surface area (Å²) in [6.45, 7) is 0. The molecule has 2 unspecified atom stereocenters. The summed E-state index contributed by atoms with van der Waals surface area (Å²) >= 11 is 3.06. The van der Waals surface area contributed by atoms with E-state index in [9.17, 15) is 29.3 Å². The number of nitro groups is 1. The predicted octanol–water partition coefficient (Wildman–Crippen LogP) is 0.369. The van der Waals surface area contributed by atoms with Crippen molar-refractivity contribution in [1.82, 2.24) is 10.2 Å². The molecule has 2 aliphatic rings. The minimum absolute atomic E-state index is 0.0933. The molecule has 1 fully saturated rings. The van der Waals surface area contributed by atoms with Crippen molar-refractivity contribution in [1.29, 1.82) is 0 Å². The first-order valence-electron chi connectivity index (χ1n) is 6.47. The van der Waals surface area contributed by atoms with Crippen molar-refractivity contribution in [2.24, 2.45) is 0 Å². The number of carbonyl (C=O) groups excluding carboxylic acids is 4. The van der Waals surface area contributed by atoms with Gasteiger partial charge in [-0.25, -0.2) is 0 Å². The minimum Gasteiger partial charge on any atom is -0.294 e. The molecule has 1 N–H and O–H groups in total. The van der Waals surface area contributed by atoms with Crippen molar-refractivity contribution < 1.29 is 24.1 Å². The standard InChI is InChI=1S/C13H8BrN3O6/c14-6-4-8(11(19)15-10(6)18)16-12(20)5-2-1-3-7(17(22)23)9(5)13(16)21/h1-3,6,8H,4H2,(H,15,18,19). The maximum absolute atomic E-state index is 12.5. The van der Waals surface area contributed by atoms with E-state index in [0.29, 0.717) is 4.90 Å². The number of benzene rings is 1.